The molecular formula is C15H17N3O3. The van der Waals surface area contributed by atoms with Crippen LogP contribution < -0.4 is 5.32 Å². The molecule has 1 heterocycles. The summed E-state index contributed by atoms with van der Waals surface area (Å²) in [5, 5.41) is 15.5. The third-order valence-corrected chi connectivity index (χ3v) is 3.32. The topological polar surface area (TPSA) is 84.2 Å². The van der Waals surface area contributed by atoms with E-state index in [4.69, 9.17) is 5.11 Å². The number of carboxylic acids is 1. The molecule has 1 aromatic heterocycles. The third-order valence-electron chi connectivity index (χ3n) is 3.32. The number of nitrogens with one attached hydrogen (secondary N) is 1. The summed E-state index contributed by atoms with van der Waals surface area (Å²) >= 11 is 0. The number of carbonyl (C=O) groups is 2. The number of hydrogen-bond donors (Lipinski definition) is 2. The molecule has 0 aliphatic heterocycles. The Bertz CT molecular complexity index is 691. The number of rotatable bonds is 4. The van der Waals surface area contributed by atoms with Crippen molar-refractivity contribution < 1.29 is 14.7 Å². The Morgan fingerprint density at radius 2 is 1.95 bits per heavy atom. The maximum Gasteiger partial charge on any atom is 0.325 e. The van der Waals surface area contributed by atoms with Gasteiger partial charge in [0.25, 0.3) is 5.91 Å². The molecule has 0 spiro atoms. The van der Waals surface area contributed by atoms with Crippen LogP contribution in [-0.2, 0) is 4.79 Å². The second kappa shape index (κ2) is 5.78. The molecule has 0 radical (unpaired) electrons. The fourth-order valence-corrected chi connectivity index (χ4v) is 2.01. The van der Waals surface area contributed by atoms with Gasteiger partial charge in [-0.05, 0) is 32.4 Å². The van der Waals surface area contributed by atoms with Gasteiger partial charge in [0.05, 0.1) is 23.1 Å². The van der Waals surface area contributed by atoms with Gasteiger partial charge >= 0.3 is 5.97 Å². The van der Waals surface area contributed by atoms with Crippen LogP contribution in [0.1, 0.15) is 28.5 Å². The zero-order valence-electron chi connectivity index (χ0n) is 12.1. The number of carboxylic acid groups (broad SMARTS) is 1. The van der Waals surface area contributed by atoms with Gasteiger partial charge in [0.1, 0.15) is 6.04 Å². The van der Waals surface area contributed by atoms with Gasteiger partial charge in [0, 0.05) is 0 Å². The Morgan fingerprint density at radius 1 is 1.29 bits per heavy atom. The molecule has 0 saturated carbocycles. The van der Waals surface area contributed by atoms with Crippen molar-refractivity contribution in [3.8, 4) is 5.69 Å². The monoisotopic (exact) mass is 287 g/mol. The molecule has 0 fully saturated rings. The van der Waals surface area contributed by atoms with Crippen LogP contribution >= 0.6 is 0 Å². The van der Waals surface area contributed by atoms with Crippen molar-refractivity contribution in [2.75, 3.05) is 0 Å². The summed E-state index contributed by atoms with van der Waals surface area (Å²) in [6.45, 7) is 5.16. The highest BCUT2D eigenvalue weighted by Gasteiger charge is 2.20. The van der Waals surface area contributed by atoms with E-state index < -0.39 is 17.9 Å². The van der Waals surface area contributed by atoms with E-state index in [2.05, 4.69) is 10.4 Å². The molecular weight excluding hydrogens is 270 g/mol. The highest BCUT2D eigenvalue weighted by atomic mass is 16.4. The molecule has 1 atom stereocenters. The van der Waals surface area contributed by atoms with E-state index in [1.165, 1.54) is 13.1 Å². The van der Waals surface area contributed by atoms with E-state index in [1.807, 2.05) is 31.2 Å². The van der Waals surface area contributed by atoms with Crippen LogP contribution in [0.15, 0.2) is 30.5 Å². The van der Waals surface area contributed by atoms with Crippen molar-refractivity contribution in [2.24, 2.45) is 0 Å². The number of benzene rings is 1. The Morgan fingerprint density at radius 3 is 2.57 bits per heavy atom. The molecule has 0 aliphatic carbocycles. The van der Waals surface area contributed by atoms with Crippen LogP contribution in [-0.4, -0.2) is 32.8 Å². The number of hydrogen-bond acceptors (Lipinski definition) is 3. The lowest BCUT2D eigenvalue weighted by atomic mass is 10.2. The average molecular weight is 287 g/mol. The first-order chi connectivity index (χ1) is 9.91. The molecule has 6 heteroatoms. The van der Waals surface area contributed by atoms with E-state index >= 15 is 0 Å². The van der Waals surface area contributed by atoms with Gasteiger partial charge in [-0.25, -0.2) is 4.68 Å². The third kappa shape index (κ3) is 2.94. The van der Waals surface area contributed by atoms with Crippen molar-refractivity contribution >= 4 is 11.9 Å². The largest absolute Gasteiger partial charge is 0.480 e. The smallest absolute Gasteiger partial charge is 0.325 e. The van der Waals surface area contributed by atoms with Gasteiger partial charge in [-0.1, -0.05) is 18.2 Å². The van der Waals surface area contributed by atoms with E-state index in [0.29, 0.717) is 11.3 Å². The second-order valence-corrected chi connectivity index (χ2v) is 4.88. The lowest BCUT2D eigenvalue weighted by Gasteiger charge is -2.10. The molecule has 0 saturated heterocycles. The normalized spacial score (nSPS) is 12.0. The molecule has 21 heavy (non-hydrogen) atoms. The molecule has 2 rings (SSSR count). The molecule has 0 unspecified atom stereocenters. The standard InChI is InChI=1S/C15H17N3O3/c1-9-6-4-5-7-13(9)18-11(3)12(8-16-18)14(19)17-10(2)15(20)21/h4-8,10H,1-3H3,(H,17,19)(H,20,21)/t10-/m1/s1. The van der Waals surface area contributed by atoms with Crippen molar-refractivity contribution in [1.29, 1.82) is 0 Å². The van der Waals surface area contributed by atoms with Crippen molar-refractivity contribution in [2.45, 2.75) is 26.8 Å². The zero-order chi connectivity index (χ0) is 15.6. The van der Waals surface area contributed by atoms with Gasteiger partial charge in [-0.3, -0.25) is 9.59 Å². The van der Waals surface area contributed by atoms with Gasteiger partial charge < -0.3 is 10.4 Å². The number of aliphatic carboxylic acids is 1. The summed E-state index contributed by atoms with van der Waals surface area (Å²) < 4.78 is 1.68. The summed E-state index contributed by atoms with van der Waals surface area (Å²) in [6, 6.07) is 6.76. The Hall–Kier alpha value is -2.63. The fourth-order valence-electron chi connectivity index (χ4n) is 2.01. The number of nitrogens with zero attached hydrogens (tertiary/aromatic N) is 2. The highest BCUT2D eigenvalue weighted by Crippen LogP contribution is 2.17. The van der Waals surface area contributed by atoms with Gasteiger partial charge in [-0.2, -0.15) is 5.10 Å². The predicted molar refractivity (Wildman–Crippen MR) is 77.6 cm³/mol. The number of amides is 1. The van der Waals surface area contributed by atoms with Gasteiger partial charge in [0.15, 0.2) is 0 Å². The fraction of sp³-hybridized carbons (Fsp3) is 0.267. The molecule has 2 N–H and O–H groups in total. The van der Waals surface area contributed by atoms with Gasteiger partial charge in [-0.15, -0.1) is 0 Å². The number of para-hydroxylation sites is 1. The molecule has 2 aromatic rings. The highest BCUT2D eigenvalue weighted by molar-refractivity contribution is 5.97. The van der Waals surface area contributed by atoms with Crippen molar-refractivity contribution in [3.63, 3.8) is 0 Å². The van der Waals surface area contributed by atoms with E-state index in [9.17, 15) is 9.59 Å². The molecule has 1 aromatic carbocycles. The predicted octanol–water partition coefficient (Wildman–Crippen LogP) is 1.69. The SMILES string of the molecule is Cc1ccccc1-n1ncc(C(=O)N[C@H](C)C(=O)O)c1C. The van der Waals surface area contributed by atoms with Gasteiger partial charge in [0.2, 0.25) is 0 Å². The summed E-state index contributed by atoms with van der Waals surface area (Å²) in [5.41, 5.74) is 2.96. The van der Waals surface area contributed by atoms with Crippen LogP contribution in [0, 0.1) is 13.8 Å². The van der Waals surface area contributed by atoms with E-state index in [1.54, 1.807) is 11.6 Å². The molecule has 0 bridgehead atoms. The minimum atomic E-state index is -1.08. The minimum absolute atomic E-state index is 0.367. The quantitative estimate of drug-likeness (QED) is 0.896. The van der Waals surface area contributed by atoms with Crippen LogP contribution in [0.3, 0.4) is 0 Å². The Kier molecular flexibility index (Phi) is 4.07. The van der Waals surface area contributed by atoms with Crippen LogP contribution in [0.5, 0.6) is 0 Å². The van der Waals surface area contributed by atoms with Crippen molar-refractivity contribution in [3.05, 3.63) is 47.3 Å². The first-order valence-electron chi connectivity index (χ1n) is 6.56. The average Bonchev–Trinajstić information content (AvgIpc) is 2.81. The maximum atomic E-state index is 12.1. The molecule has 1 amide bonds. The molecule has 110 valence electrons. The number of aryl methyl sites for hydroxylation is 1. The lowest BCUT2D eigenvalue weighted by Crippen LogP contribution is -2.38. The Labute approximate surface area is 122 Å². The summed E-state index contributed by atoms with van der Waals surface area (Å²) in [4.78, 5) is 22.9. The second-order valence-electron chi connectivity index (χ2n) is 4.88. The van der Waals surface area contributed by atoms with E-state index in [-0.39, 0.29) is 0 Å². The molecule has 0 aliphatic rings. The first-order valence-corrected chi connectivity index (χ1v) is 6.56. The maximum absolute atomic E-state index is 12.1. The number of carbonyl (C=O) groups excluding carboxylic acids is 1. The van der Waals surface area contributed by atoms with Crippen LogP contribution in [0.4, 0.5) is 0 Å². The van der Waals surface area contributed by atoms with Crippen molar-refractivity contribution in [1.82, 2.24) is 15.1 Å². The van der Waals surface area contributed by atoms with E-state index in [0.717, 1.165) is 11.3 Å². The van der Waals surface area contributed by atoms with Crippen LogP contribution in [0.25, 0.3) is 5.69 Å². The lowest BCUT2D eigenvalue weighted by molar-refractivity contribution is -0.138. The summed E-state index contributed by atoms with van der Waals surface area (Å²) in [5.74, 6) is -1.52. The summed E-state index contributed by atoms with van der Waals surface area (Å²) in [7, 11) is 0. The first kappa shape index (κ1) is 14.8. The number of aromatic nitrogens is 2. The summed E-state index contributed by atoms with van der Waals surface area (Å²) in [6.07, 6.45) is 1.45. The Balaban J connectivity index is 2.31. The zero-order valence-corrected chi connectivity index (χ0v) is 12.1. The molecule has 6 nitrogen and oxygen atoms in total. The minimum Gasteiger partial charge on any atom is -0.480 e. The van der Waals surface area contributed by atoms with Crippen LogP contribution in [0.2, 0.25) is 0 Å².